The van der Waals surface area contributed by atoms with Gasteiger partial charge in [0.25, 0.3) is 5.91 Å². The van der Waals surface area contributed by atoms with Gasteiger partial charge in [-0.25, -0.2) is 9.97 Å². The predicted molar refractivity (Wildman–Crippen MR) is 92.4 cm³/mol. The Bertz CT molecular complexity index is 701. The molecular formula is C17H19ClN4O. The third-order valence-corrected chi connectivity index (χ3v) is 4.24. The Morgan fingerprint density at radius 3 is 2.22 bits per heavy atom. The molecule has 1 aromatic carbocycles. The Morgan fingerprint density at radius 2 is 1.65 bits per heavy atom. The molecule has 120 valence electrons. The van der Waals surface area contributed by atoms with Crippen molar-refractivity contribution in [3.63, 3.8) is 0 Å². The van der Waals surface area contributed by atoms with E-state index in [-0.39, 0.29) is 5.91 Å². The summed E-state index contributed by atoms with van der Waals surface area (Å²) >= 11 is 5.85. The van der Waals surface area contributed by atoms with Gasteiger partial charge in [0.15, 0.2) is 0 Å². The van der Waals surface area contributed by atoms with Crippen LogP contribution < -0.4 is 10.2 Å². The minimum Gasteiger partial charge on any atom is -0.341 e. The second-order valence-corrected chi connectivity index (χ2v) is 6.16. The molecule has 2 aromatic rings. The smallest absolute Gasteiger partial charge is 0.255 e. The van der Waals surface area contributed by atoms with E-state index in [1.807, 2.05) is 13.8 Å². The van der Waals surface area contributed by atoms with Crippen LogP contribution >= 0.6 is 11.6 Å². The van der Waals surface area contributed by atoms with Crippen LogP contribution in [0.5, 0.6) is 0 Å². The van der Waals surface area contributed by atoms with Crippen LogP contribution in [-0.2, 0) is 0 Å². The van der Waals surface area contributed by atoms with Crippen molar-refractivity contribution in [1.82, 2.24) is 9.97 Å². The summed E-state index contributed by atoms with van der Waals surface area (Å²) in [5.74, 6) is 0.562. The van der Waals surface area contributed by atoms with Crippen molar-refractivity contribution in [3.05, 3.63) is 46.2 Å². The number of aryl methyl sites for hydroxylation is 2. The van der Waals surface area contributed by atoms with E-state index in [0.717, 1.165) is 30.4 Å². The molecule has 3 rings (SSSR count). The summed E-state index contributed by atoms with van der Waals surface area (Å²) in [5, 5.41) is 3.51. The third-order valence-electron chi connectivity index (χ3n) is 3.99. The van der Waals surface area contributed by atoms with Crippen LogP contribution in [0.25, 0.3) is 0 Å². The molecule has 5 nitrogen and oxygen atoms in total. The van der Waals surface area contributed by atoms with Gasteiger partial charge in [-0.15, -0.1) is 0 Å². The Morgan fingerprint density at radius 1 is 1.09 bits per heavy atom. The number of carbonyl (C=O) groups is 1. The highest BCUT2D eigenvalue weighted by Crippen LogP contribution is 2.23. The molecule has 1 aliphatic rings. The van der Waals surface area contributed by atoms with Crippen molar-refractivity contribution in [2.75, 3.05) is 23.3 Å². The number of halogens is 1. The van der Waals surface area contributed by atoms with Crippen LogP contribution in [0.15, 0.2) is 24.3 Å². The number of benzene rings is 1. The maximum atomic E-state index is 12.4. The highest BCUT2D eigenvalue weighted by atomic mass is 35.5. The summed E-state index contributed by atoms with van der Waals surface area (Å²) in [6.07, 6.45) is 2.35. The second kappa shape index (κ2) is 6.54. The van der Waals surface area contributed by atoms with Gasteiger partial charge in [-0.2, -0.15) is 0 Å². The van der Waals surface area contributed by atoms with E-state index < -0.39 is 0 Å². The van der Waals surface area contributed by atoms with E-state index in [2.05, 4.69) is 20.2 Å². The van der Waals surface area contributed by atoms with E-state index in [9.17, 15) is 4.79 Å². The minimum atomic E-state index is -0.189. The van der Waals surface area contributed by atoms with E-state index in [0.29, 0.717) is 16.3 Å². The molecule has 1 saturated heterocycles. The molecule has 0 atom stereocenters. The number of aromatic nitrogens is 2. The molecule has 0 aliphatic carbocycles. The predicted octanol–water partition coefficient (Wildman–Crippen LogP) is 3.60. The maximum absolute atomic E-state index is 12.4. The zero-order valence-electron chi connectivity index (χ0n) is 13.3. The summed E-state index contributed by atoms with van der Waals surface area (Å²) in [6, 6.07) is 6.79. The Balaban J connectivity index is 1.82. The number of carbonyl (C=O) groups excluding carboxylic acids is 1. The van der Waals surface area contributed by atoms with Crippen LogP contribution in [0.4, 0.5) is 11.6 Å². The van der Waals surface area contributed by atoms with Gasteiger partial charge >= 0.3 is 0 Å². The van der Waals surface area contributed by atoms with Crippen molar-refractivity contribution >= 4 is 29.1 Å². The summed E-state index contributed by atoms with van der Waals surface area (Å²) in [7, 11) is 0. The number of hydrogen-bond acceptors (Lipinski definition) is 4. The van der Waals surface area contributed by atoms with Crippen LogP contribution in [0.2, 0.25) is 5.02 Å². The molecule has 1 aromatic heterocycles. The Kier molecular flexibility index (Phi) is 4.48. The number of rotatable bonds is 3. The number of nitrogens with zero attached hydrogens (tertiary/aromatic N) is 3. The number of anilines is 2. The minimum absolute atomic E-state index is 0.189. The first kappa shape index (κ1) is 15.7. The lowest BCUT2D eigenvalue weighted by atomic mass is 10.2. The first-order chi connectivity index (χ1) is 11.0. The monoisotopic (exact) mass is 330 g/mol. The van der Waals surface area contributed by atoms with Gasteiger partial charge < -0.3 is 10.2 Å². The second-order valence-electron chi connectivity index (χ2n) is 5.72. The number of nitrogens with one attached hydrogen (secondary N) is 1. The van der Waals surface area contributed by atoms with Gasteiger partial charge in [0.2, 0.25) is 5.95 Å². The molecule has 0 bridgehead atoms. The molecule has 1 amide bonds. The van der Waals surface area contributed by atoms with Gasteiger partial charge in [0, 0.05) is 23.7 Å². The molecule has 1 aliphatic heterocycles. The highest BCUT2D eigenvalue weighted by Gasteiger charge is 2.18. The Hall–Kier alpha value is -2.14. The number of hydrogen-bond donors (Lipinski definition) is 1. The van der Waals surface area contributed by atoms with Gasteiger partial charge in [0.05, 0.1) is 17.1 Å². The topological polar surface area (TPSA) is 58.1 Å². The van der Waals surface area contributed by atoms with Crippen LogP contribution in [0, 0.1) is 13.8 Å². The summed E-state index contributed by atoms with van der Waals surface area (Å²) in [5.41, 5.74) is 2.79. The summed E-state index contributed by atoms with van der Waals surface area (Å²) in [6.45, 7) is 5.78. The fraction of sp³-hybridized carbons (Fsp3) is 0.353. The molecule has 2 heterocycles. The zero-order valence-corrected chi connectivity index (χ0v) is 14.0. The van der Waals surface area contributed by atoms with Gasteiger partial charge in [-0.3, -0.25) is 4.79 Å². The average molecular weight is 331 g/mol. The molecule has 23 heavy (non-hydrogen) atoms. The van der Waals surface area contributed by atoms with E-state index in [1.54, 1.807) is 24.3 Å². The Labute approximate surface area is 140 Å². The number of amides is 1. The van der Waals surface area contributed by atoms with Gasteiger partial charge in [-0.05, 0) is 51.0 Å². The fourth-order valence-corrected chi connectivity index (χ4v) is 2.85. The van der Waals surface area contributed by atoms with Crippen molar-refractivity contribution in [2.24, 2.45) is 0 Å². The lowest BCUT2D eigenvalue weighted by molar-refractivity contribution is 0.102. The van der Waals surface area contributed by atoms with Gasteiger partial charge in [0.1, 0.15) is 0 Å². The van der Waals surface area contributed by atoms with Crippen molar-refractivity contribution in [2.45, 2.75) is 26.7 Å². The van der Waals surface area contributed by atoms with Crippen LogP contribution in [0.3, 0.4) is 0 Å². The summed E-state index contributed by atoms with van der Waals surface area (Å²) < 4.78 is 0. The van der Waals surface area contributed by atoms with Crippen molar-refractivity contribution in [1.29, 1.82) is 0 Å². The molecule has 0 radical (unpaired) electrons. The third kappa shape index (κ3) is 3.45. The highest BCUT2D eigenvalue weighted by molar-refractivity contribution is 6.30. The van der Waals surface area contributed by atoms with E-state index in [4.69, 9.17) is 11.6 Å². The maximum Gasteiger partial charge on any atom is 0.255 e. The zero-order chi connectivity index (χ0) is 16.4. The van der Waals surface area contributed by atoms with E-state index >= 15 is 0 Å². The standard InChI is InChI=1S/C17H19ClN4O/c1-11-15(21-16(23)13-5-7-14(18)8-6-13)12(2)20-17(19-11)22-9-3-4-10-22/h5-8H,3-4,9-10H2,1-2H3,(H,21,23). The first-order valence-corrected chi connectivity index (χ1v) is 8.09. The molecule has 0 unspecified atom stereocenters. The largest absolute Gasteiger partial charge is 0.341 e. The fourth-order valence-electron chi connectivity index (χ4n) is 2.73. The van der Waals surface area contributed by atoms with Crippen LogP contribution in [0.1, 0.15) is 34.6 Å². The molecular weight excluding hydrogens is 312 g/mol. The lowest BCUT2D eigenvalue weighted by Crippen LogP contribution is -2.22. The van der Waals surface area contributed by atoms with Crippen molar-refractivity contribution < 1.29 is 4.79 Å². The molecule has 1 fully saturated rings. The quantitative estimate of drug-likeness (QED) is 0.934. The SMILES string of the molecule is Cc1nc(N2CCCC2)nc(C)c1NC(=O)c1ccc(Cl)cc1. The molecule has 0 spiro atoms. The molecule has 1 N–H and O–H groups in total. The van der Waals surface area contributed by atoms with Gasteiger partial charge in [-0.1, -0.05) is 11.6 Å². The summed E-state index contributed by atoms with van der Waals surface area (Å²) in [4.78, 5) is 23.6. The molecule has 0 saturated carbocycles. The van der Waals surface area contributed by atoms with E-state index in [1.165, 1.54) is 12.8 Å². The lowest BCUT2D eigenvalue weighted by Gasteiger charge is -2.18. The average Bonchev–Trinajstić information content (AvgIpc) is 3.05. The van der Waals surface area contributed by atoms with Crippen molar-refractivity contribution in [3.8, 4) is 0 Å². The first-order valence-electron chi connectivity index (χ1n) is 7.71. The normalized spacial score (nSPS) is 14.1. The molecule has 6 heteroatoms. The van der Waals surface area contributed by atoms with Crippen LogP contribution in [-0.4, -0.2) is 29.0 Å².